The van der Waals surface area contributed by atoms with Crippen molar-refractivity contribution in [3.63, 3.8) is 0 Å². The van der Waals surface area contributed by atoms with Gasteiger partial charge >= 0.3 is 0 Å². The third kappa shape index (κ3) is 4.58. The molecule has 6 nitrogen and oxygen atoms in total. The normalized spacial score (nSPS) is 12.0. The smallest absolute Gasteiger partial charge is 0.244 e. The number of nitrogens with zero attached hydrogens (tertiary/aromatic N) is 4. The molecule has 1 N–H and O–H groups in total. The highest BCUT2D eigenvalue weighted by Gasteiger charge is 2.13. The summed E-state index contributed by atoms with van der Waals surface area (Å²) in [7, 11) is 0. The van der Waals surface area contributed by atoms with E-state index < -0.39 is 0 Å². The summed E-state index contributed by atoms with van der Waals surface area (Å²) in [4.78, 5) is 13.7. The molecule has 3 rings (SSSR count). The Balaban J connectivity index is 1.62. The maximum Gasteiger partial charge on any atom is 0.244 e. The first-order chi connectivity index (χ1) is 13.0. The average molecular weight is 363 g/mol. The maximum atomic E-state index is 12.3. The molecule has 140 valence electrons. The highest BCUT2D eigenvalue weighted by Crippen LogP contribution is 2.17. The lowest BCUT2D eigenvalue weighted by Crippen LogP contribution is -2.30. The van der Waals surface area contributed by atoms with Gasteiger partial charge in [0.2, 0.25) is 11.7 Å². The molecule has 0 aliphatic rings. The monoisotopic (exact) mass is 363 g/mol. The van der Waals surface area contributed by atoms with Crippen LogP contribution in [0.3, 0.4) is 0 Å². The van der Waals surface area contributed by atoms with Gasteiger partial charge in [-0.25, -0.2) is 0 Å². The van der Waals surface area contributed by atoms with Gasteiger partial charge in [-0.05, 0) is 54.7 Å². The van der Waals surface area contributed by atoms with Crippen LogP contribution in [0.5, 0.6) is 0 Å². The van der Waals surface area contributed by atoms with Gasteiger partial charge in [-0.3, -0.25) is 4.79 Å². The van der Waals surface area contributed by atoms with Crippen LogP contribution >= 0.6 is 0 Å². The zero-order valence-corrected chi connectivity index (χ0v) is 16.2. The lowest BCUT2D eigenvalue weighted by atomic mass is 10.0. The van der Waals surface area contributed by atoms with E-state index in [2.05, 4.69) is 53.6 Å². The summed E-state index contributed by atoms with van der Waals surface area (Å²) in [6, 6.07) is 14.2. The number of hydrogen-bond donors (Lipinski definition) is 1. The largest absolute Gasteiger partial charge is 0.348 e. The van der Waals surface area contributed by atoms with Crippen LogP contribution in [0.4, 0.5) is 0 Å². The maximum absolute atomic E-state index is 12.3. The Hall–Kier alpha value is -3.02. The van der Waals surface area contributed by atoms with Crippen molar-refractivity contribution in [2.45, 2.75) is 46.7 Å². The molecule has 1 atom stereocenters. The lowest BCUT2D eigenvalue weighted by molar-refractivity contribution is -0.122. The van der Waals surface area contributed by atoms with Crippen molar-refractivity contribution < 1.29 is 4.79 Å². The summed E-state index contributed by atoms with van der Waals surface area (Å²) >= 11 is 0. The molecule has 1 heterocycles. The summed E-state index contributed by atoms with van der Waals surface area (Å²) in [5, 5.41) is 15.4. The Morgan fingerprint density at radius 2 is 1.85 bits per heavy atom. The van der Waals surface area contributed by atoms with Crippen LogP contribution in [-0.2, 0) is 17.8 Å². The van der Waals surface area contributed by atoms with Crippen molar-refractivity contribution in [3.05, 3.63) is 64.7 Å². The number of nitrogens with one attached hydrogen (secondary N) is 1. The van der Waals surface area contributed by atoms with Crippen LogP contribution in [0.25, 0.3) is 11.4 Å². The molecule has 0 saturated heterocycles. The molecule has 0 bridgehead atoms. The molecule has 3 aromatic rings. The first kappa shape index (κ1) is 18.8. The Morgan fingerprint density at radius 1 is 1.11 bits per heavy atom. The lowest BCUT2D eigenvalue weighted by Gasteiger charge is -2.15. The molecule has 0 radical (unpaired) electrons. The van der Waals surface area contributed by atoms with Crippen molar-refractivity contribution in [2.75, 3.05) is 0 Å². The number of tetrazole rings is 1. The van der Waals surface area contributed by atoms with Crippen LogP contribution in [0.2, 0.25) is 0 Å². The van der Waals surface area contributed by atoms with Crippen molar-refractivity contribution in [1.82, 2.24) is 25.5 Å². The van der Waals surface area contributed by atoms with E-state index >= 15 is 0 Å². The fourth-order valence-corrected chi connectivity index (χ4v) is 2.85. The van der Waals surface area contributed by atoms with E-state index in [1.54, 1.807) is 0 Å². The number of carbonyl (C=O) groups excluding carboxylic acids is 1. The summed E-state index contributed by atoms with van der Waals surface area (Å²) < 4.78 is 0. The van der Waals surface area contributed by atoms with Gasteiger partial charge in [-0.2, -0.15) is 4.80 Å². The molecule has 0 unspecified atom stereocenters. The highest BCUT2D eigenvalue weighted by molar-refractivity contribution is 5.76. The molecular formula is C21H25N5O. The van der Waals surface area contributed by atoms with Crippen LogP contribution in [0.15, 0.2) is 42.5 Å². The van der Waals surface area contributed by atoms with E-state index in [0.717, 1.165) is 17.5 Å². The van der Waals surface area contributed by atoms with E-state index in [4.69, 9.17) is 0 Å². The van der Waals surface area contributed by atoms with Gasteiger partial charge in [0, 0.05) is 5.56 Å². The topological polar surface area (TPSA) is 72.7 Å². The van der Waals surface area contributed by atoms with Crippen molar-refractivity contribution in [3.8, 4) is 11.4 Å². The van der Waals surface area contributed by atoms with Gasteiger partial charge < -0.3 is 5.32 Å². The first-order valence-electron chi connectivity index (χ1n) is 9.20. The van der Waals surface area contributed by atoms with Gasteiger partial charge in [0.15, 0.2) is 0 Å². The number of aromatic nitrogens is 4. The van der Waals surface area contributed by atoms with Crippen LogP contribution < -0.4 is 5.32 Å². The molecule has 1 amide bonds. The molecule has 27 heavy (non-hydrogen) atoms. The van der Waals surface area contributed by atoms with Gasteiger partial charge in [0.25, 0.3) is 0 Å². The molecule has 6 heteroatoms. The van der Waals surface area contributed by atoms with Crippen LogP contribution in [0, 0.1) is 13.8 Å². The molecule has 1 aromatic heterocycles. The number of benzene rings is 2. The van der Waals surface area contributed by atoms with Gasteiger partial charge in [-0.15, -0.1) is 10.2 Å². The Kier molecular flexibility index (Phi) is 5.64. The van der Waals surface area contributed by atoms with Gasteiger partial charge in [0.1, 0.15) is 6.54 Å². The zero-order valence-electron chi connectivity index (χ0n) is 16.2. The van der Waals surface area contributed by atoms with E-state index in [0.29, 0.717) is 5.82 Å². The minimum atomic E-state index is -0.147. The summed E-state index contributed by atoms with van der Waals surface area (Å²) in [5.74, 6) is 0.374. The minimum absolute atomic E-state index is 0.0369. The van der Waals surface area contributed by atoms with Crippen LogP contribution in [-0.4, -0.2) is 26.1 Å². The number of amides is 1. The quantitative estimate of drug-likeness (QED) is 0.728. The van der Waals surface area contributed by atoms with Gasteiger partial charge in [0.05, 0.1) is 6.04 Å². The third-order valence-corrected chi connectivity index (χ3v) is 4.77. The molecule has 0 spiro atoms. The second kappa shape index (κ2) is 8.12. The number of carbonyl (C=O) groups is 1. The fraction of sp³-hybridized carbons (Fsp3) is 0.333. The predicted octanol–water partition coefficient (Wildman–Crippen LogP) is 3.40. The second-order valence-corrected chi connectivity index (χ2v) is 6.83. The Bertz CT molecular complexity index is 930. The van der Waals surface area contributed by atoms with Gasteiger partial charge in [-0.1, -0.05) is 49.4 Å². The number of rotatable bonds is 6. The summed E-state index contributed by atoms with van der Waals surface area (Å²) in [6.45, 7) is 8.27. The molecular weight excluding hydrogens is 338 g/mol. The molecule has 0 fully saturated rings. The predicted molar refractivity (Wildman–Crippen MR) is 105 cm³/mol. The van der Waals surface area contributed by atoms with Crippen molar-refractivity contribution >= 4 is 5.91 Å². The highest BCUT2D eigenvalue weighted by atomic mass is 16.2. The van der Waals surface area contributed by atoms with E-state index in [1.165, 1.54) is 21.5 Å². The summed E-state index contributed by atoms with van der Waals surface area (Å²) in [5.41, 5.74) is 5.68. The first-order valence-corrected chi connectivity index (χ1v) is 9.20. The average Bonchev–Trinajstić information content (AvgIpc) is 3.12. The Labute approximate surface area is 159 Å². The number of hydrogen-bond acceptors (Lipinski definition) is 4. The van der Waals surface area contributed by atoms with Crippen molar-refractivity contribution in [1.29, 1.82) is 0 Å². The zero-order chi connectivity index (χ0) is 19.4. The van der Waals surface area contributed by atoms with Crippen LogP contribution in [0.1, 0.15) is 42.1 Å². The van der Waals surface area contributed by atoms with E-state index in [9.17, 15) is 4.79 Å². The van der Waals surface area contributed by atoms with Crippen molar-refractivity contribution in [2.24, 2.45) is 0 Å². The number of aryl methyl sites for hydroxylation is 3. The SMILES string of the molecule is CCc1ccc(-c2nnn(CC(=O)N[C@H](C)c3ccc(C)c(C)c3)n2)cc1. The Morgan fingerprint density at radius 3 is 2.52 bits per heavy atom. The standard InChI is InChI=1S/C21H25N5O/c1-5-17-7-10-18(11-8-17)21-23-25-26(24-21)13-20(27)22-16(4)19-9-6-14(2)15(3)12-19/h6-12,16H,5,13H2,1-4H3,(H,22,27)/t16-/m1/s1. The van der Waals surface area contributed by atoms with E-state index in [-0.39, 0.29) is 18.5 Å². The summed E-state index contributed by atoms with van der Waals surface area (Å²) in [6.07, 6.45) is 0.985. The molecule has 2 aromatic carbocycles. The fourth-order valence-electron chi connectivity index (χ4n) is 2.85. The molecule has 0 aliphatic carbocycles. The molecule has 0 saturated carbocycles. The third-order valence-electron chi connectivity index (χ3n) is 4.77. The molecule has 0 aliphatic heterocycles. The minimum Gasteiger partial charge on any atom is -0.348 e. The van der Waals surface area contributed by atoms with E-state index in [1.807, 2.05) is 37.3 Å². The second-order valence-electron chi connectivity index (χ2n) is 6.83.